The minimum Gasteiger partial charge on any atom is -0.484 e. The van der Waals surface area contributed by atoms with E-state index in [1.807, 2.05) is 36.4 Å². The molecule has 0 bridgehead atoms. The van der Waals surface area contributed by atoms with Gasteiger partial charge in [0.25, 0.3) is 5.91 Å². The van der Waals surface area contributed by atoms with Crippen molar-refractivity contribution in [3.8, 4) is 5.75 Å². The Morgan fingerprint density at radius 3 is 2.57 bits per heavy atom. The predicted molar refractivity (Wildman–Crippen MR) is 83.7 cm³/mol. The van der Waals surface area contributed by atoms with Crippen molar-refractivity contribution in [1.82, 2.24) is 0 Å². The van der Waals surface area contributed by atoms with Gasteiger partial charge in [0.2, 0.25) is 0 Å². The molecule has 0 spiro atoms. The maximum absolute atomic E-state index is 11.8. The summed E-state index contributed by atoms with van der Waals surface area (Å²) in [6.07, 6.45) is 4.78. The average Bonchev–Trinajstić information content (AvgIpc) is 2.54. The first kappa shape index (κ1) is 13.7. The van der Waals surface area contributed by atoms with Crippen molar-refractivity contribution in [1.29, 1.82) is 0 Å². The number of para-hydroxylation sites is 1. The van der Waals surface area contributed by atoms with E-state index in [0.717, 1.165) is 24.3 Å². The number of hydrogen-bond acceptors (Lipinski definition) is 2. The molecular formula is C18H19NO2. The summed E-state index contributed by atoms with van der Waals surface area (Å²) >= 11 is 0. The van der Waals surface area contributed by atoms with Crippen LogP contribution in [0.5, 0.6) is 5.75 Å². The second-order valence-corrected chi connectivity index (χ2v) is 5.34. The van der Waals surface area contributed by atoms with Crippen LogP contribution in [0.15, 0.2) is 48.5 Å². The van der Waals surface area contributed by atoms with Crippen LogP contribution in [0.4, 0.5) is 5.69 Å². The number of nitrogens with one attached hydrogen (secondary N) is 1. The lowest BCUT2D eigenvalue weighted by Gasteiger charge is -2.16. The van der Waals surface area contributed by atoms with E-state index >= 15 is 0 Å². The van der Waals surface area contributed by atoms with Gasteiger partial charge in [0.15, 0.2) is 6.61 Å². The van der Waals surface area contributed by atoms with Crippen LogP contribution in [0.2, 0.25) is 0 Å². The SMILES string of the molecule is O=C(COc1ccc2c(c1)CCCC2)Nc1ccccc1. The fourth-order valence-corrected chi connectivity index (χ4v) is 2.67. The Kier molecular flexibility index (Phi) is 4.20. The molecule has 0 aliphatic heterocycles. The first-order valence-corrected chi connectivity index (χ1v) is 7.41. The van der Waals surface area contributed by atoms with Gasteiger partial charge in [-0.3, -0.25) is 4.79 Å². The molecule has 0 fully saturated rings. The molecule has 1 aliphatic carbocycles. The Morgan fingerprint density at radius 2 is 1.76 bits per heavy atom. The lowest BCUT2D eigenvalue weighted by atomic mass is 9.92. The van der Waals surface area contributed by atoms with E-state index in [0.29, 0.717) is 0 Å². The largest absolute Gasteiger partial charge is 0.484 e. The Hall–Kier alpha value is -2.29. The van der Waals surface area contributed by atoms with Gasteiger partial charge in [0, 0.05) is 5.69 Å². The molecule has 3 rings (SSSR count). The molecule has 3 nitrogen and oxygen atoms in total. The number of aryl methyl sites for hydroxylation is 2. The fourth-order valence-electron chi connectivity index (χ4n) is 2.67. The highest BCUT2D eigenvalue weighted by Crippen LogP contribution is 2.25. The number of hydrogen-bond donors (Lipinski definition) is 1. The van der Waals surface area contributed by atoms with E-state index in [2.05, 4.69) is 17.4 Å². The molecule has 108 valence electrons. The monoisotopic (exact) mass is 281 g/mol. The van der Waals surface area contributed by atoms with E-state index in [1.54, 1.807) is 0 Å². The zero-order chi connectivity index (χ0) is 14.5. The molecule has 0 unspecified atom stereocenters. The Balaban J connectivity index is 1.56. The molecule has 0 heterocycles. The van der Waals surface area contributed by atoms with Gasteiger partial charge in [-0.2, -0.15) is 0 Å². The first-order chi connectivity index (χ1) is 10.3. The number of anilines is 1. The van der Waals surface area contributed by atoms with Crippen LogP contribution in [-0.2, 0) is 17.6 Å². The fraction of sp³-hybridized carbons (Fsp3) is 0.278. The van der Waals surface area contributed by atoms with Crippen LogP contribution in [0, 0.1) is 0 Å². The summed E-state index contributed by atoms with van der Waals surface area (Å²) in [4.78, 5) is 11.8. The predicted octanol–water partition coefficient (Wildman–Crippen LogP) is 3.58. The highest BCUT2D eigenvalue weighted by Gasteiger charge is 2.10. The van der Waals surface area contributed by atoms with Crippen LogP contribution in [0.3, 0.4) is 0 Å². The molecule has 3 heteroatoms. The van der Waals surface area contributed by atoms with Crippen molar-refractivity contribution in [3.63, 3.8) is 0 Å². The van der Waals surface area contributed by atoms with Gasteiger partial charge in [-0.05, 0) is 61.1 Å². The van der Waals surface area contributed by atoms with Crippen molar-refractivity contribution in [2.45, 2.75) is 25.7 Å². The number of benzene rings is 2. The highest BCUT2D eigenvalue weighted by molar-refractivity contribution is 5.91. The summed E-state index contributed by atoms with van der Waals surface area (Å²) < 4.78 is 5.59. The molecule has 1 N–H and O–H groups in total. The minimum atomic E-state index is -0.140. The third kappa shape index (κ3) is 3.63. The summed E-state index contributed by atoms with van der Waals surface area (Å²) in [6.45, 7) is 0.0354. The Bertz CT molecular complexity index is 622. The summed E-state index contributed by atoms with van der Waals surface area (Å²) in [5.74, 6) is 0.637. The summed E-state index contributed by atoms with van der Waals surface area (Å²) in [7, 11) is 0. The molecule has 0 radical (unpaired) electrons. The van der Waals surface area contributed by atoms with E-state index in [-0.39, 0.29) is 12.5 Å². The minimum absolute atomic E-state index is 0.0354. The molecule has 0 aromatic heterocycles. The standard InChI is InChI=1S/C18H19NO2/c20-18(19-16-8-2-1-3-9-16)13-21-17-11-10-14-6-4-5-7-15(14)12-17/h1-3,8-12H,4-7,13H2,(H,19,20). The van der Waals surface area contributed by atoms with Gasteiger partial charge in [0.05, 0.1) is 0 Å². The second-order valence-electron chi connectivity index (χ2n) is 5.34. The van der Waals surface area contributed by atoms with Gasteiger partial charge in [0.1, 0.15) is 5.75 Å². The number of carbonyl (C=O) groups is 1. The van der Waals surface area contributed by atoms with Gasteiger partial charge < -0.3 is 10.1 Å². The van der Waals surface area contributed by atoms with E-state index < -0.39 is 0 Å². The summed E-state index contributed by atoms with van der Waals surface area (Å²) in [5, 5.41) is 2.81. The van der Waals surface area contributed by atoms with Crippen LogP contribution in [0.25, 0.3) is 0 Å². The van der Waals surface area contributed by atoms with Gasteiger partial charge in [-0.15, -0.1) is 0 Å². The molecule has 1 aliphatic rings. The van der Waals surface area contributed by atoms with Crippen LogP contribution in [-0.4, -0.2) is 12.5 Å². The maximum Gasteiger partial charge on any atom is 0.262 e. The zero-order valence-corrected chi connectivity index (χ0v) is 12.0. The van der Waals surface area contributed by atoms with Crippen molar-refractivity contribution >= 4 is 11.6 Å². The lowest BCUT2D eigenvalue weighted by molar-refractivity contribution is -0.118. The molecular weight excluding hydrogens is 262 g/mol. The third-order valence-electron chi connectivity index (χ3n) is 3.75. The maximum atomic E-state index is 11.8. The smallest absolute Gasteiger partial charge is 0.262 e. The van der Waals surface area contributed by atoms with Crippen molar-refractivity contribution < 1.29 is 9.53 Å². The van der Waals surface area contributed by atoms with Crippen molar-refractivity contribution in [3.05, 3.63) is 59.7 Å². The molecule has 0 saturated heterocycles. The number of carbonyl (C=O) groups excluding carboxylic acids is 1. The molecule has 0 atom stereocenters. The molecule has 2 aromatic rings. The van der Waals surface area contributed by atoms with Gasteiger partial charge in [-0.25, -0.2) is 0 Å². The average molecular weight is 281 g/mol. The first-order valence-electron chi connectivity index (χ1n) is 7.41. The quantitative estimate of drug-likeness (QED) is 0.930. The molecule has 2 aromatic carbocycles. The second kappa shape index (κ2) is 6.44. The topological polar surface area (TPSA) is 38.3 Å². The van der Waals surface area contributed by atoms with Crippen LogP contribution < -0.4 is 10.1 Å². The Morgan fingerprint density at radius 1 is 1.00 bits per heavy atom. The van der Waals surface area contributed by atoms with Crippen LogP contribution in [0.1, 0.15) is 24.0 Å². The van der Waals surface area contributed by atoms with E-state index in [9.17, 15) is 4.79 Å². The van der Waals surface area contributed by atoms with Gasteiger partial charge in [-0.1, -0.05) is 24.3 Å². The zero-order valence-electron chi connectivity index (χ0n) is 12.0. The number of rotatable bonds is 4. The van der Waals surface area contributed by atoms with Crippen molar-refractivity contribution in [2.24, 2.45) is 0 Å². The summed E-state index contributed by atoms with van der Waals surface area (Å²) in [5.41, 5.74) is 3.57. The summed E-state index contributed by atoms with van der Waals surface area (Å²) in [6, 6.07) is 15.6. The highest BCUT2D eigenvalue weighted by atomic mass is 16.5. The van der Waals surface area contributed by atoms with E-state index in [4.69, 9.17) is 4.74 Å². The van der Waals surface area contributed by atoms with Crippen molar-refractivity contribution in [2.75, 3.05) is 11.9 Å². The van der Waals surface area contributed by atoms with Gasteiger partial charge >= 0.3 is 0 Å². The number of fused-ring (bicyclic) bond motifs is 1. The third-order valence-corrected chi connectivity index (χ3v) is 3.75. The Labute approximate surface area is 124 Å². The lowest BCUT2D eigenvalue weighted by Crippen LogP contribution is -2.20. The normalized spacial score (nSPS) is 13.3. The molecule has 0 saturated carbocycles. The number of ether oxygens (including phenoxy) is 1. The molecule has 1 amide bonds. The molecule has 21 heavy (non-hydrogen) atoms. The van der Waals surface area contributed by atoms with Crippen LogP contribution >= 0.6 is 0 Å². The van der Waals surface area contributed by atoms with E-state index in [1.165, 1.54) is 24.0 Å². The number of amides is 1.